The van der Waals surface area contributed by atoms with Crippen LogP contribution in [0.4, 0.5) is 0 Å². The van der Waals surface area contributed by atoms with Gasteiger partial charge in [-0.1, -0.05) is 11.3 Å². The number of hydrogen-bond donors (Lipinski definition) is 0. The Bertz CT molecular complexity index is 380. The number of methoxy groups -OCH3 is 1. The van der Waals surface area contributed by atoms with Crippen LogP contribution in [0.3, 0.4) is 0 Å². The standard InChI is InChI=1S/C11H10IOS/c1-13-10-6-4-9(5-7-10)12-11-3-2-8-14-11/h2-8H,1H3/q+1. The first-order chi connectivity index (χ1) is 6.88. The van der Waals surface area contributed by atoms with Crippen LogP contribution in [0.25, 0.3) is 0 Å². The lowest BCUT2D eigenvalue weighted by atomic mass is 10.3. The molecule has 72 valence electrons. The monoisotopic (exact) mass is 317 g/mol. The normalized spacial score (nSPS) is 10.1. The van der Waals surface area contributed by atoms with Crippen LogP contribution in [0.1, 0.15) is 0 Å². The molecule has 3 heteroatoms. The Balaban J connectivity index is 2.10. The van der Waals surface area contributed by atoms with Crippen molar-refractivity contribution >= 4 is 11.3 Å². The Labute approximate surface area is 98.0 Å². The van der Waals surface area contributed by atoms with Crippen LogP contribution >= 0.6 is 11.3 Å². The predicted octanol–water partition coefficient (Wildman–Crippen LogP) is -0.115. The number of thiophene rings is 1. The van der Waals surface area contributed by atoms with Gasteiger partial charge < -0.3 is 4.74 Å². The number of benzene rings is 1. The third-order valence-electron chi connectivity index (χ3n) is 1.74. The molecule has 1 aromatic heterocycles. The lowest BCUT2D eigenvalue weighted by molar-refractivity contribution is -0.591. The molecule has 0 spiro atoms. The fraction of sp³-hybridized carbons (Fsp3) is 0.0909. The maximum atomic E-state index is 5.12. The number of halogens is 1. The largest absolute Gasteiger partial charge is 0.497 e. The highest BCUT2D eigenvalue weighted by Crippen LogP contribution is 2.06. The summed E-state index contributed by atoms with van der Waals surface area (Å²) >= 11 is 1.86. The Morgan fingerprint density at radius 2 is 1.93 bits per heavy atom. The van der Waals surface area contributed by atoms with Crippen molar-refractivity contribution in [2.75, 3.05) is 7.11 Å². The van der Waals surface area contributed by atoms with Crippen LogP contribution < -0.4 is 25.9 Å². The first-order valence-corrected chi connectivity index (χ1v) is 7.24. The van der Waals surface area contributed by atoms with Gasteiger partial charge in [0.25, 0.3) is 0 Å². The molecule has 0 radical (unpaired) electrons. The van der Waals surface area contributed by atoms with Crippen molar-refractivity contribution in [3.8, 4) is 5.75 Å². The second-order valence-corrected chi connectivity index (χ2v) is 7.30. The summed E-state index contributed by atoms with van der Waals surface area (Å²) < 4.78 is 8.06. The summed E-state index contributed by atoms with van der Waals surface area (Å²) in [5.41, 5.74) is 0. The molecular weight excluding hydrogens is 307 g/mol. The third-order valence-corrected chi connectivity index (χ3v) is 5.91. The number of ether oxygens (including phenoxy) is 1. The van der Waals surface area contributed by atoms with Gasteiger partial charge in [-0.25, -0.2) is 0 Å². The van der Waals surface area contributed by atoms with E-state index in [4.69, 9.17) is 4.74 Å². The summed E-state index contributed by atoms with van der Waals surface area (Å²) in [7, 11) is 1.70. The first kappa shape index (κ1) is 9.98. The molecule has 0 atom stereocenters. The third kappa shape index (κ3) is 2.48. The van der Waals surface area contributed by atoms with Gasteiger partial charge in [-0.3, -0.25) is 0 Å². The Hall–Kier alpha value is -0.550. The topological polar surface area (TPSA) is 9.23 Å². The van der Waals surface area contributed by atoms with Crippen molar-refractivity contribution < 1.29 is 25.9 Å². The number of hydrogen-bond acceptors (Lipinski definition) is 2. The Morgan fingerprint density at radius 3 is 2.50 bits per heavy atom. The average molecular weight is 317 g/mol. The van der Waals surface area contributed by atoms with E-state index in [2.05, 4.69) is 29.6 Å². The van der Waals surface area contributed by atoms with Crippen LogP contribution in [0.2, 0.25) is 0 Å². The molecule has 0 aliphatic heterocycles. The van der Waals surface area contributed by atoms with Gasteiger partial charge in [0.1, 0.15) is 5.75 Å². The molecule has 1 aromatic carbocycles. The SMILES string of the molecule is COc1ccc([I+]c2cccs2)cc1. The zero-order chi connectivity index (χ0) is 9.80. The highest BCUT2D eigenvalue weighted by Gasteiger charge is 2.15. The van der Waals surface area contributed by atoms with E-state index in [-0.39, 0.29) is 21.2 Å². The molecule has 1 nitrogen and oxygen atoms in total. The van der Waals surface area contributed by atoms with E-state index in [1.54, 1.807) is 7.11 Å². The van der Waals surface area contributed by atoms with Crippen molar-refractivity contribution in [2.24, 2.45) is 0 Å². The summed E-state index contributed by atoms with van der Waals surface area (Å²) in [4.78, 5) is 0. The Kier molecular flexibility index (Phi) is 3.42. The van der Waals surface area contributed by atoms with Gasteiger partial charge in [-0.05, 0) is 35.7 Å². The molecule has 1 heterocycles. The van der Waals surface area contributed by atoms with E-state index < -0.39 is 0 Å². The molecule has 0 bridgehead atoms. The smallest absolute Gasteiger partial charge is 0.369 e. The van der Waals surface area contributed by atoms with Crippen molar-refractivity contribution in [2.45, 2.75) is 0 Å². The lowest BCUT2D eigenvalue weighted by Crippen LogP contribution is -3.61. The molecule has 14 heavy (non-hydrogen) atoms. The highest BCUT2D eigenvalue weighted by molar-refractivity contribution is 7.07. The van der Waals surface area contributed by atoms with Gasteiger partial charge in [0.2, 0.25) is 2.88 Å². The fourth-order valence-electron chi connectivity index (χ4n) is 1.05. The number of rotatable bonds is 3. The molecular formula is C11H10IOS+. The van der Waals surface area contributed by atoms with E-state index >= 15 is 0 Å². The molecule has 0 aliphatic rings. The van der Waals surface area contributed by atoms with Crippen LogP contribution in [-0.4, -0.2) is 7.11 Å². The van der Waals surface area contributed by atoms with E-state index in [1.807, 2.05) is 23.5 Å². The summed E-state index contributed by atoms with van der Waals surface area (Å²) in [6, 6.07) is 12.7. The van der Waals surface area contributed by atoms with Crippen molar-refractivity contribution in [1.29, 1.82) is 0 Å². The lowest BCUT2D eigenvalue weighted by Gasteiger charge is -1.95. The van der Waals surface area contributed by atoms with Gasteiger partial charge in [0.05, 0.1) is 7.11 Å². The molecule has 0 aliphatic carbocycles. The molecule has 2 aromatic rings. The molecule has 0 fully saturated rings. The van der Waals surface area contributed by atoms with Gasteiger partial charge in [0, 0.05) is 6.07 Å². The molecule has 0 saturated heterocycles. The summed E-state index contributed by atoms with van der Waals surface area (Å²) in [6.07, 6.45) is 0. The summed E-state index contributed by atoms with van der Waals surface area (Å²) in [6.45, 7) is 0. The second-order valence-electron chi connectivity index (χ2n) is 2.67. The molecule has 0 unspecified atom stereocenters. The van der Waals surface area contributed by atoms with Crippen molar-refractivity contribution in [3.05, 3.63) is 48.2 Å². The molecule has 2 rings (SSSR count). The molecule has 0 N–H and O–H groups in total. The van der Waals surface area contributed by atoms with Crippen molar-refractivity contribution in [3.63, 3.8) is 0 Å². The molecule has 0 amide bonds. The second kappa shape index (κ2) is 4.79. The van der Waals surface area contributed by atoms with Crippen LogP contribution in [0, 0.1) is 6.45 Å². The maximum Gasteiger partial charge on any atom is 0.369 e. The Morgan fingerprint density at radius 1 is 1.14 bits per heavy atom. The van der Waals surface area contributed by atoms with Crippen LogP contribution in [0.5, 0.6) is 5.75 Å². The predicted molar refractivity (Wildman–Crippen MR) is 54.7 cm³/mol. The van der Waals surface area contributed by atoms with Crippen molar-refractivity contribution in [1.82, 2.24) is 0 Å². The maximum absolute atomic E-state index is 5.12. The van der Waals surface area contributed by atoms with E-state index in [9.17, 15) is 0 Å². The van der Waals surface area contributed by atoms with Gasteiger partial charge >= 0.3 is 21.2 Å². The van der Waals surface area contributed by atoms with E-state index in [1.165, 1.54) is 6.45 Å². The first-order valence-electron chi connectivity index (χ1n) is 4.21. The zero-order valence-electron chi connectivity index (χ0n) is 7.74. The highest BCUT2D eigenvalue weighted by atomic mass is 127. The van der Waals surface area contributed by atoms with Crippen LogP contribution in [0.15, 0.2) is 41.8 Å². The van der Waals surface area contributed by atoms with E-state index in [0.29, 0.717) is 0 Å². The van der Waals surface area contributed by atoms with E-state index in [0.717, 1.165) is 5.75 Å². The fourth-order valence-corrected chi connectivity index (χ4v) is 4.68. The van der Waals surface area contributed by atoms with Gasteiger partial charge in [0.15, 0.2) is 3.57 Å². The van der Waals surface area contributed by atoms with Gasteiger partial charge in [-0.15, -0.1) is 0 Å². The minimum absolute atomic E-state index is 0.0112. The minimum Gasteiger partial charge on any atom is -0.497 e. The molecule has 0 saturated carbocycles. The average Bonchev–Trinajstić information content (AvgIpc) is 2.72. The van der Waals surface area contributed by atoms with Gasteiger partial charge in [-0.2, -0.15) is 0 Å². The van der Waals surface area contributed by atoms with Crippen LogP contribution in [-0.2, 0) is 0 Å². The summed E-state index contributed by atoms with van der Waals surface area (Å²) in [5.74, 6) is 0.934. The quantitative estimate of drug-likeness (QED) is 0.718. The summed E-state index contributed by atoms with van der Waals surface area (Å²) in [5, 5.41) is 2.14. The minimum atomic E-state index is 0.0112. The zero-order valence-corrected chi connectivity index (χ0v) is 10.7.